The molecule has 0 radical (unpaired) electrons. The van der Waals surface area contributed by atoms with Crippen molar-refractivity contribution in [3.8, 4) is 0 Å². The number of ether oxygens (including phenoxy) is 1. The number of rotatable bonds is 4. The highest BCUT2D eigenvalue weighted by molar-refractivity contribution is 5.24. The molecular weight excluding hydrogens is 240 g/mol. The third-order valence-corrected chi connectivity index (χ3v) is 3.70. The van der Waals surface area contributed by atoms with Crippen molar-refractivity contribution in [2.45, 2.75) is 46.5 Å². The third-order valence-electron chi connectivity index (χ3n) is 3.70. The van der Waals surface area contributed by atoms with Crippen molar-refractivity contribution < 1.29 is 9.26 Å². The second kappa shape index (κ2) is 8.33. The van der Waals surface area contributed by atoms with Crippen molar-refractivity contribution in [1.82, 2.24) is 10.1 Å². The largest absolute Gasteiger partial charge is 0.383 e. The monoisotopic (exact) mass is 268 g/mol. The van der Waals surface area contributed by atoms with Crippen LogP contribution in [0.2, 0.25) is 0 Å². The van der Waals surface area contributed by atoms with Crippen LogP contribution >= 0.6 is 0 Å². The molecule has 19 heavy (non-hydrogen) atoms. The van der Waals surface area contributed by atoms with Gasteiger partial charge in [0.25, 0.3) is 0 Å². The van der Waals surface area contributed by atoms with Gasteiger partial charge in [-0.15, -0.1) is 0 Å². The second-order valence-corrected chi connectivity index (χ2v) is 4.88. The standard InChI is InChI=1S/C13H22N2O2.C2H6/c1-10-11(2)17-14-13(10)12-5-4-6-15(9-12)7-8-16-3;1-2/h12H,4-9H2,1-3H3;1-2H3. The summed E-state index contributed by atoms with van der Waals surface area (Å²) < 4.78 is 10.4. The molecule has 4 nitrogen and oxygen atoms in total. The van der Waals surface area contributed by atoms with Crippen LogP contribution in [0.3, 0.4) is 0 Å². The summed E-state index contributed by atoms with van der Waals surface area (Å²) in [6.07, 6.45) is 2.45. The van der Waals surface area contributed by atoms with Gasteiger partial charge < -0.3 is 14.2 Å². The number of hydrogen-bond acceptors (Lipinski definition) is 4. The molecule has 0 aliphatic carbocycles. The van der Waals surface area contributed by atoms with Crippen LogP contribution in [0.4, 0.5) is 0 Å². The van der Waals surface area contributed by atoms with Gasteiger partial charge in [-0.2, -0.15) is 0 Å². The molecule has 0 spiro atoms. The minimum atomic E-state index is 0.526. The van der Waals surface area contributed by atoms with Crippen molar-refractivity contribution in [2.75, 3.05) is 33.4 Å². The van der Waals surface area contributed by atoms with E-state index >= 15 is 0 Å². The lowest BCUT2D eigenvalue weighted by Crippen LogP contribution is -2.36. The molecular formula is C15H28N2O2. The molecule has 0 bridgehead atoms. The highest BCUT2D eigenvalue weighted by Crippen LogP contribution is 2.29. The topological polar surface area (TPSA) is 38.5 Å². The number of nitrogens with zero attached hydrogens (tertiary/aromatic N) is 2. The summed E-state index contributed by atoms with van der Waals surface area (Å²) in [4.78, 5) is 2.46. The lowest BCUT2D eigenvalue weighted by Gasteiger charge is -2.31. The highest BCUT2D eigenvalue weighted by Gasteiger charge is 2.25. The maximum atomic E-state index is 5.27. The first-order valence-electron chi connectivity index (χ1n) is 7.36. The Labute approximate surface area is 117 Å². The van der Waals surface area contributed by atoms with E-state index in [1.807, 2.05) is 20.8 Å². The number of piperidine rings is 1. The molecule has 2 heterocycles. The van der Waals surface area contributed by atoms with E-state index in [4.69, 9.17) is 9.26 Å². The summed E-state index contributed by atoms with van der Waals surface area (Å²) in [5.41, 5.74) is 2.38. The van der Waals surface area contributed by atoms with Crippen LogP contribution in [0.25, 0.3) is 0 Å². The number of likely N-dealkylation sites (tertiary alicyclic amines) is 1. The van der Waals surface area contributed by atoms with Gasteiger partial charge in [-0.1, -0.05) is 19.0 Å². The van der Waals surface area contributed by atoms with Gasteiger partial charge in [0.2, 0.25) is 0 Å². The molecule has 0 N–H and O–H groups in total. The zero-order valence-electron chi connectivity index (χ0n) is 13.0. The van der Waals surface area contributed by atoms with Crippen LogP contribution in [0.1, 0.15) is 49.6 Å². The summed E-state index contributed by atoms with van der Waals surface area (Å²) >= 11 is 0. The Morgan fingerprint density at radius 3 is 2.68 bits per heavy atom. The van der Waals surface area contributed by atoms with Gasteiger partial charge in [-0.3, -0.25) is 0 Å². The quantitative estimate of drug-likeness (QED) is 0.841. The molecule has 1 aromatic heterocycles. The highest BCUT2D eigenvalue weighted by atomic mass is 16.5. The predicted molar refractivity (Wildman–Crippen MR) is 77.6 cm³/mol. The maximum Gasteiger partial charge on any atom is 0.136 e. The van der Waals surface area contributed by atoms with Crippen LogP contribution in [0, 0.1) is 13.8 Å². The van der Waals surface area contributed by atoms with E-state index in [9.17, 15) is 0 Å². The molecule has 1 atom stereocenters. The van der Waals surface area contributed by atoms with Crippen LogP contribution in [0.5, 0.6) is 0 Å². The lowest BCUT2D eigenvalue weighted by molar-refractivity contribution is 0.127. The van der Waals surface area contributed by atoms with Crippen LogP contribution in [-0.2, 0) is 4.74 Å². The Morgan fingerprint density at radius 2 is 2.11 bits per heavy atom. The normalized spacial score (nSPS) is 19.9. The molecule has 1 aromatic rings. The van der Waals surface area contributed by atoms with E-state index in [1.54, 1.807) is 7.11 Å². The summed E-state index contributed by atoms with van der Waals surface area (Å²) in [5, 5.41) is 4.22. The van der Waals surface area contributed by atoms with Crippen molar-refractivity contribution >= 4 is 0 Å². The molecule has 110 valence electrons. The molecule has 0 amide bonds. The van der Waals surface area contributed by atoms with E-state index in [2.05, 4.69) is 17.0 Å². The van der Waals surface area contributed by atoms with Gasteiger partial charge in [0.1, 0.15) is 5.76 Å². The molecule has 1 aliphatic heterocycles. The van der Waals surface area contributed by atoms with Gasteiger partial charge in [0, 0.05) is 31.7 Å². The molecule has 1 fully saturated rings. The first kappa shape index (κ1) is 16.2. The molecule has 0 saturated carbocycles. The Bertz CT molecular complexity index is 363. The van der Waals surface area contributed by atoms with E-state index < -0.39 is 0 Å². The van der Waals surface area contributed by atoms with Crippen LogP contribution in [-0.4, -0.2) is 43.4 Å². The summed E-state index contributed by atoms with van der Waals surface area (Å²) in [7, 11) is 1.76. The first-order chi connectivity index (χ1) is 9.22. The third kappa shape index (κ3) is 4.32. The van der Waals surface area contributed by atoms with Gasteiger partial charge in [0.05, 0.1) is 12.3 Å². The number of aromatic nitrogens is 1. The van der Waals surface area contributed by atoms with Crippen molar-refractivity contribution in [2.24, 2.45) is 0 Å². The predicted octanol–water partition coefficient (Wildman–Crippen LogP) is 3.14. The van der Waals surface area contributed by atoms with E-state index in [-0.39, 0.29) is 0 Å². The van der Waals surface area contributed by atoms with Crippen molar-refractivity contribution in [3.63, 3.8) is 0 Å². The Hall–Kier alpha value is -0.870. The number of aryl methyl sites for hydroxylation is 1. The average molecular weight is 268 g/mol. The molecule has 1 unspecified atom stereocenters. The molecule has 1 saturated heterocycles. The number of hydrogen-bond donors (Lipinski definition) is 0. The van der Waals surface area contributed by atoms with Crippen LogP contribution in [0.15, 0.2) is 4.52 Å². The lowest BCUT2D eigenvalue weighted by atomic mass is 9.92. The Balaban J connectivity index is 0.000000861. The van der Waals surface area contributed by atoms with E-state index in [1.165, 1.54) is 24.9 Å². The van der Waals surface area contributed by atoms with E-state index in [0.717, 1.165) is 31.2 Å². The van der Waals surface area contributed by atoms with Gasteiger partial charge >= 0.3 is 0 Å². The molecule has 4 heteroatoms. The molecule has 1 aliphatic rings. The second-order valence-electron chi connectivity index (χ2n) is 4.88. The summed E-state index contributed by atoms with van der Waals surface area (Å²) in [6.45, 7) is 12.2. The van der Waals surface area contributed by atoms with Gasteiger partial charge in [0.15, 0.2) is 0 Å². The summed E-state index contributed by atoms with van der Waals surface area (Å²) in [5.74, 6) is 1.48. The fourth-order valence-electron chi connectivity index (χ4n) is 2.52. The van der Waals surface area contributed by atoms with Crippen molar-refractivity contribution in [1.29, 1.82) is 0 Å². The maximum absolute atomic E-state index is 5.27. The minimum absolute atomic E-state index is 0.526. The van der Waals surface area contributed by atoms with E-state index in [0.29, 0.717) is 5.92 Å². The zero-order valence-corrected chi connectivity index (χ0v) is 13.0. The van der Waals surface area contributed by atoms with Gasteiger partial charge in [-0.25, -0.2) is 0 Å². The fourth-order valence-corrected chi connectivity index (χ4v) is 2.52. The average Bonchev–Trinajstić information content (AvgIpc) is 2.79. The van der Waals surface area contributed by atoms with Crippen molar-refractivity contribution in [3.05, 3.63) is 17.0 Å². The SMILES string of the molecule is CC.COCCN1CCCC(c2noc(C)c2C)C1. The Morgan fingerprint density at radius 1 is 1.37 bits per heavy atom. The fraction of sp³-hybridized carbons (Fsp3) is 0.800. The first-order valence-corrected chi connectivity index (χ1v) is 7.36. The zero-order chi connectivity index (χ0) is 14.3. The smallest absolute Gasteiger partial charge is 0.136 e. The number of methoxy groups -OCH3 is 1. The molecule has 2 rings (SSSR count). The van der Waals surface area contributed by atoms with Crippen LogP contribution < -0.4 is 0 Å². The Kier molecular flexibility index (Phi) is 7.10. The molecule has 0 aromatic carbocycles. The van der Waals surface area contributed by atoms with Gasteiger partial charge in [-0.05, 0) is 33.2 Å². The minimum Gasteiger partial charge on any atom is -0.383 e. The summed E-state index contributed by atoms with van der Waals surface area (Å²) in [6, 6.07) is 0.